The van der Waals surface area contributed by atoms with Gasteiger partial charge in [0.2, 0.25) is 0 Å². The molecule has 0 unspecified atom stereocenters. The molecule has 0 atom stereocenters. The number of unbranched alkanes of at least 4 members (excludes halogenated alkanes) is 4. The van der Waals surface area contributed by atoms with Gasteiger partial charge in [-0.2, -0.15) is 0 Å². The van der Waals surface area contributed by atoms with Crippen LogP contribution in [0.5, 0.6) is 0 Å². The molecule has 0 spiro atoms. The molecule has 1 aromatic carbocycles. The second-order valence-corrected chi connectivity index (χ2v) is 3.98. The van der Waals surface area contributed by atoms with Crippen LogP contribution in [0.1, 0.15) is 44.1 Å². The highest BCUT2D eigenvalue weighted by Gasteiger charge is 1.95. The van der Waals surface area contributed by atoms with Crippen molar-refractivity contribution in [3.63, 3.8) is 0 Å². The summed E-state index contributed by atoms with van der Waals surface area (Å²) in [6.45, 7) is 0. The molecular formula is C15H18O2. The van der Waals surface area contributed by atoms with E-state index < -0.39 is 5.97 Å². The van der Waals surface area contributed by atoms with Crippen molar-refractivity contribution in [3.05, 3.63) is 35.9 Å². The first-order valence-corrected chi connectivity index (χ1v) is 6.05. The second-order valence-electron chi connectivity index (χ2n) is 3.98. The third-order valence-electron chi connectivity index (χ3n) is 2.45. The topological polar surface area (TPSA) is 37.3 Å². The highest BCUT2D eigenvalue weighted by molar-refractivity contribution is 5.66. The lowest BCUT2D eigenvalue weighted by atomic mass is 10.1. The van der Waals surface area contributed by atoms with Gasteiger partial charge in [-0.05, 0) is 25.0 Å². The smallest absolute Gasteiger partial charge is 0.303 e. The Morgan fingerprint density at radius 1 is 1.06 bits per heavy atom. The van der Waals surface area contributed by atoms with E-state index in [0.29, 0.717) is 0 Å². The number of rotatable bonds is 6. The Bertz CT molecular complexity index is 384. The molecule has 0 aromatic heterocycles. The average Bonchev–Trinajstić information content (AvgIpc) is 2.33. The summed E-state index contributed by atoms with van der Waals surface area (Å²) in [5.41, 5.74) is 1.05. The molecule has 0 bridgehead atoms. The van der Waals surface area contributed by atoms with Crippen molar-refractivity contribution in [2.45, 2.75) is 38.5 Å². The third kappa shape index (κ3) is 7.19. The zero-order chi connectivity index (χ0) is 12.3. The molecule has 90 valence electrons. The first kappa shape index (κ1) is 13.3. The van der Waals surface area contributed by atoms with E-state index in [-0.39, 0.29) is 6.42 Å². The monoisotopic (exact) mass is 230 g/mol. The van der Waals surface area contributed by atoms with Crippen LogP contribution in [0.4, 0.5) is 0 Å². The fourth-order valence-electron chi connectivity index (χ4n) is 1.53. The zero-order valence-electron chi connectivity index (χ0n) is 9.98. The van der Waals surface area contributed by atoms with Crippen molar-refractivity contribution in [2.75, 3.05) is 0 Å². The molecule has 0 radical (unpaired) electrons. The van der Waals surface area contributed by atoms with Crippen LogP contribution in [-0.2, 0) is 4.79 Å². The number of carboxylic acid groups (broad SMARTS) is 1. The molecule has 0 fully saturated rings. The Labute approximate surface area is 103 Å². The van der Waals surface area contributed by atoms with Gasteiger partial charge in [-0.1, -0.05) is 42.9 Å². The zero-order valence-corrected chi connectivity index (χ0v) is 9.98. The number of hydrogen-bond donors (Lipinski definition) is 1. The van der Waals surface area contributed by atoms with Crippen molar-refractivity contribution in [2.24, 2.45) is 0 Å². The summed E-state index contributed by atoms with van der Waals surface area (Å²) >= 11 is 0. The average molecular weight is 230 g/mol. The number of carbonyl (C=O) groups is 1. The van der Waals surface area contributed by atoms with Crippen molar-refractivity contribution in [3.8, 4) is 11.8 Å². The number of hydrogen-bond acceptors (Lipinski definition) is 1. The van der Waals surface area contributed by atoms with E-state index in [2.05, 4.69) is 11.8 Å². The van der Waals surface area contributed by atoms with Crippen LogP contribution >= 0.6 is 0 Å². The quantitative estimate of drug-likeness (QED) is 0.600. The van der Waals surface area contributed by atoms with Crippen LogP contribution in [0, 0.1) is 11.8 Å². The van der Waals surface area contributed by atoms with E-state index in [4.69, 9.17) is 5.11 Å². The lowest BCUT2D eigenvalue weighted by Crippen LogP contribution is -1.93. The lowest BCUT2D eigenvalue weighted by molar-refractivity contribution is -0.137. The van der Waals surface area contributed by atoms with Crippen LogP contribution in [0.2, 0.25) is 0 Å². The van der Waals surface area contributed by atoms with E-state index in [9.17, 15) is 4.79 Å². The Balaban J connectivity index is 2.05. The van der Waals surface area contributed by atoms with Gasteiger partial charge in [0.15, 0.2) is 0 Å². The molecule has 0 aliphatic heterocycles. The third-order valence-corrected chi connectivity index (χ3v) is 2.45. The van der Waals surface area contributed by atoms with Gasteiger partial charge >= 0.3 is 5.97 Å². The highest BCUT2D eigenvalue weighted by atomic mass is 16.4. The van der Waals surface area contributed by atoms with Crippen molar-refractivity contribution in [1.82, 2.24) is 0 Å². The number of carboxylic acids is 1. The molecule has 0 aliphatic rings. The Kier molecular flexibility index (Phi) is 6.59. The van der Waals surface area contributed by atoms with Crippen LogP contribution in [-0.4, -0.2) is 11.1 Å². The van der Waals surface area contributed by atoms with Gasteiger partial charge < -0.3 is 5.11 Å². The molecule has 17 heavy (non-hydrogen) atoms. The van der Waals surface area contributed by atoms with Crippen LogP contribution in [0.3, 0.4) is 0 Å². The summed E-state index contributed by atoms with van der Waals surface area (Å²) in [6, 6.07) is 9.94. The van der Waals surface area contributed by atoms with Gasteiger partial charge in [0.05, 0.1) is 0 Å². The number of benzene rings is 1. The minimum absolute atomic E-state index is 0.287. The molecule has 0 saturated carbocycles. The fraction of sp³-hybridized carbons (Fsp3) is 0.400. The maximum Gasteiger partial charge on any atom is 0.303 e. The molecule has 1 N–H and O–H groups in total. The Hall–Kier alpha value is -1.75. The van der Waals surface area contributed by atoms with E-state index in [1.165, 1.54) is 0 Å². The molecule has 0 saturated heterocycles. The minimum Gasteiger partial charge on any atom is -0.481 e. The van der Waals surface area contributed by atoms with Crippen molar-refractivity contribution < 1.29 is 9.90 Å². The highest BCUT2D eigenvalue weighted by Crippen LogP contribution is 2.05. The fourth-order valence-corrected chi connectivity index (χ4v) is 1.53. The minimum atomic E-state index is -0.700. The predicted molar refractivity (Wildman–Crippen MR) is 68.7 cm³/mol. The summed E-state index contributed by atoms with van der Waals surface area (Å²) in [5, 5.41) is 8.46. The van der Waals surface area contributed by atoms with E-state index in [1.807, 2.05) is 30.3 Å². The first-order chi connectivity index (χ1) is 8.29. The van der Waals surface area contributed by atoms with Gasteiger partial charge in [-0.3, -0.25) is 4.79 Å². The van der Waals surface area contributed by atoms with Crippen LogP contribution in [0.15, 0.2) is 30.3 Å². The molecule has 0 aliphatic carbocycles. The van der Waals surface area contributed by atoms with E-state index in [1.54, 1.807) is 0 Å². The summed E-state index contributed by atoms with van der Waals surface area (Å²) in [7, 11) is 0. The first-order valence-electron chi connectivity index (χ1n) is 6.05. The van der Waals surface area contributed by atoms with Crippen LogP contribution in [0.25, 0.3) is 0 Å². The van der Waals surface area contributed by atoms with E-state index >= 15 is 0 Å². The summed E-state index contributed by atoms with van der Waals surface area (Å²) in [4.78, 5) is 10.3. The van der Waals surface area contributed by atoms with Gasteiger partial charge in [0.1, 0.15) is 0 Å². The summed E-state index contributed by atoms with van der Waals surface area (Å²) in [6.07, 6.45) is 5.06. The maximum atomic E-state index is 10.3. The van der Waals surface area contributed by atoms with Gasteiger partial charge in [0.25, 0.3) is 0 Å². The Morgan fingerprint density at radius 2 is 1.76 bits per heavy atom. The van der Waals surface area contributed by atoms with Crippen molar-refractivity contribution >= 4 is 5.97 Å². The molecule has 2 heteroatoms. The second kappa shape index (κ2) is 8.41. The molecule has 2 nitrogen and oxygen atoms in total. The lowest BCUT2D eigenvalue weighted by Gasteiger charge is -1.95. The Morgan fingerprint density at radius 3 is 2.47 bits per heavy atom. The predicted octanol–water partition coefficient (Wildman–Crippen LogP) is 3.46. The standard InChI is InChI=1S/C15H18O2/c16-15(17)13-9-4-2-1-3-6-10-14-11-7-5-8-12-14/h5,7-8,11-12H,1-4,9,13H2,(H,16,17). The SMILES string of the molecule is O=C(O)CCCCCCC#Cc1ccccc1. The van der Waals surface area contributed by atoms with Crippen molar-refractivity contribution in [1.29, 1.82) is 0 Å². The molecule has 1 aromatic rings. The molecular weight excluding hydrogens is 212 g/mol. The summed E-state index contributed by atoms with van der Waals surface area (Å²) in [5.74, 6) is 5.54. The summed E-state index contributed by atoms with van der Waals surface area (Å²) < 4.78 is 0. The number of aliphatic carboxylic acids is 1. The van der Waals surface area contributed by atoms with E-state index in [0.717, 1.165) is 37.7 Å². The maximum absolute atomic E-state index is 10.3. The van der Waals surface area contributed by atoms with Gasteiger partial charge in [-0.25, -0.2) is 0 Å². The molecule has 0 heterocycles. The van der Waals surface area contributed by atoms with Gasteiger partial charge in [0, 0.05) is 18.4 Å². The largest absolute Gasteiger partial charge is 0.481 e. The van der Waals surface area contributed by atoms with Gasteiger partial charge in [-0.15, -0.1) is 0 Å². The van der Waals surface area contributed by atoms with Crippen LogP contribution < -0.4 is 0 Å². The molecule has 1 rings (SSSR count). The molecule has 0 amide bonds. The normalized spacial score (nSPS) is 9.41.